The lowest BCUT2D eigenvalue weighted by Gasteiger charge is -2.27. The first-order chi connectivity index (χ1) is 14.9. The van der Waals surface area contributed by atoms with Gasteiger partial charge in [-0.05, 0) is 26.0 Å². The van der Waals surface area contributed by atoms with Crippen molar-refractivity contribution in [2.24, 2.45) is 5.73 Å². The van der Waals surface area contributed by atoms with Gasteiger partial charge in [-0.1, -0.05) is 0 Å². The number of carbonyl (C=O) groups excluding carboxylic acids is 2. The number of nitrogens with zero attached hydrogens (tertiary/aromatic N) is 5. The molecule has 3 aromatic heterocycles. The first-order valence-electron chi connectivity index (χ1n) is 9.87. The minimum absolute atomic E-state index is 0.00485. The van der Waals surface area contributed by atoms with Crippen molar-refractivity contribution in [2.75, 3.05) is 36.5 Å². The summed E-state index contributed by atoms with van der Waals surface area (Å²) in [5, 5.41) is 6.76. The Kier molecular flexibility index (Phi) is 5.67. The monoisotopic (exact) mass is 425 g/mol. The summed E-state index contributed by atoms with van der Waals surface area (Å²) in [5.41, 5.74) is 6.34. The highest BCUT2D eigenvalue weighted by Gasteiger charge is 2.21. The van der Waals surface area contributed by atoms with E-state index in [1.165, 1.54) is 6.26 Å². The second-order valence-corrected chi connectivity index (χ2v) is 7.32. The number of pyridine rings is 1. The van der Waals surface area contributed by atoms with Crippen molar-refractivity contribution >= 4 is 23.3 Å². The number of hydrogen-bond acceptors (Lipinski definition) is 8. The molecule has 11 nitrogen and oxygen atoms in total. The molecule has 162 valence electrons. The predicted octanol–water partition coefficient (Wildman–Crippen LogP) is 1.70. The van der Waals surface area contributed by atoms with Gasteiger partial charge in [-0.15, -0.1) is 0 Å². The van der Waals surface area contributed by atoms with E-state index in [0.29, 0.717) is 18.8 Å². The van der Waals surface area contributed by atoms with Gasteiger partial charge in [0.15, 0.2) is 11.4 Å². The number of morpholine rings is 1. The fourth-order valence-electron chi connectivity index (χ4n) is 3.14. The zero-order valence-corrected chi connectivity index (χ0v) is 17.2. The van der Waals surface area contributed by atoms with Gasteiger partial charge in [0.1, 0.15) is 12.1 Å². The summed E-state index contributed by atoms with van der Waals surface area (Å²) >= 11 is 0. The topological polar surface area (TPSA) is 141 Å². The molecule has 0 atom stereocenters. The van der Waals surface area contributed by atoms with Gasteiger partial charge in [-0.3, -0.25) is 14.3 Å². The maximum Gasteiger partial charge on any atom is 0.277 e. The number of oxazole rings is 1. The number of nitrogens with two attached hydrogens (primary N) is 1. The van der Waals surface area contributed by atoms with Crippen molar-refractivity contribution in [1.29, 1.82) is 0 Å². The Morgan fingerprint density at radius 3 is 2.74 bits per heavy atom. The van der Waals surface area contributed by atoms with E-state index in [9.17, 15) is 9.59 Å². The third-order valence-corrected chi connectivity index (χ3v) is 4.81. The number of ether oxygens (including phenoxy) is 1. The quantitative estimate of drug-likeness (QED) is 0.608. The van der Waals surface area contributed by atoms with E-state index in [2.05, 4.69) is 25.3 Å². The van der Waals surface area contributed by atoms with Crippen LogP contribution in [0.5, 0.6) is 0 Å². The molecule has 0 spiro atoms. The first kappa shape index (κ1) is 20.5. The second-order valence-electron chi connectivity index (χ2n) is 7.32. The normalized spacial score (nSPS) is 14.1. The summed E-state index contributed by atoms with van der Waals surface area (Å²) in [5.74, 6) is -0.196. The van der Waals surface area contributed by atoms with Crippen LogP contribution in [0.25, 0.3) is 11.5 Å². The van der Waals surface area contributed by atoms with E-state index in [4.69, 9.17) is 14.9 Å². The van der Waals surface area contributed by atoms with Crippen molar-refractivity contribution < 1.29 is 18.7 Å². The van der Waals surface area contributed by atoms with Crippen LogP contribution in [0.3, 0.4) is 0 Å². The van der Waals surface area contributed by atoms with Crippen molar-refractivity contribution in [2.45, 2.75) is 19.9 Å². The zero-order chi connectivity index (χ0) is 22.0. The number of aromatic nitrogens is 4. The molecule has 0 radical (unpaired) electrons. The summed E-state index contributed by atoms with van der Waals surface area (Å²) < 4.78 is 12.4. The number of anilines is 2. The van der Waals surface area contributed by atoms with Crippen LogP contribution in [0, 0.1) is 0 Å². The van der Waals surface area contributed by atoms with Gasteiger partial charge in [0, 0.05) is 37.1 Å². The minimum atomic E-state index is -0.733. The van der Waals surface area contributed by atoms with Crippen LogP contribution in [0.1, 0.15) is 40.9 Å². The van der Waals surface area contributed by atoms with Gasteiger partial charge in [-0.2, -0.15) is 5.10 Å². The van der Waals surface area contributed by atoms with Crippen molar-refractivity contribution in [3.8, 4) is 11.5 Å². The van der Waals surface area contributed by atoms with E-state index in [0.717, 1.165) is 18.9 Å². The van der Waals surface area contributed by atoms with Gasteiger partial charge in [0.2, 0.25) is 5.89 Å². The fraction of sp³-hybridized carbons (Fsp3) is 0.350. The number of amides is 2. The van der Waals surface area contributed by atoms with Crippen LogP contribution in [-0.4, -0.2) is 57.9 Å². The molecule has 1 fully saturated rings. The molecule has 3 aromatic rings. The summed E-state index contributed by atoms with van der Waals surface area (Å²) in [6.07, 6.45) is 4.49. The van der Waals surface area contributed by atoms with Crippen LogP contribution >= 0.6 is 0 Å². The standard InChI is InChI=1S/C20H23N7O4/c1-12(2)27-10-14(17(25-27)18(21)28)23-19(29)15-11-31-20(24-15)13-3-4-22-16(9-13)26-5-7-30-8-6-26/h3-4,9-12H,5-8H2,1-2H3,(H2,21,28)(H,23,29). The fourth-order valence-corrected chi connectivity index (χ4v) is 3.14. The smallest absolute Gasteiger partial charge is 0.277 e. The molecule has 0 aromatic carbocycles. The van der Waals surface area contributed by atoms with Crippen LogP contribution in [0.4, 0.5) is 11.5 Å². The number of primary amides is 1. The third kappa shape index (κ3) is 4.40. The molecule has 3 N–H and O–H groups in total. The SMILES string of the molecule is CC(C)n1cc(NC(=O)c2coc(-c3ccnc(N4CCOCC4)c3)n2)c(C(N)=O)n1. The molecule has 1 aliphatic heterocycles. The van der Waals surface area contributed by atoms with Crippen LogP contribution < -0.4 is 16.0 Å². The summed E-state index contributed by atoms with van der Waals surface area (Å²) in [7, 11) is 0. The molecule has 0 aliphatic carbocycles. The number of hydrogen-bond donors (Lipinski definition) is 2. The average molecular weight is 425 g/mol. The largest absolute Gasteiger partial charge is 0.444 e. The molecule has 2 amide bonds. The Morgan fingerprint density at radius 1 is 1.26 bits per heavy atom. The van der Waals surface area contributed by atoms with E-state index >= 15 is 0 Å². The molecule has 4 heterocycles. The summed E-state index contributed by atoms with van der Waals surface area (Å²) in [6.45, 7) is 6.59. The Balaban J connectivity index is 1.53. The maximum atomic E-state index is 12.7. The molecule has 31 heavy (non-hydrogen) atoms. The van der Waals surface area contributed by atoms with Crippen molar-refractivity contribution in [3.05, 3.63) is 42.2 Å². The molecule has 0 unspecified atom stereocenters. The van der Waals surface area contributed by atoms with Gasteiger partial charge in [-0.25, -0.2) is 9.97 Å². The third-order valence-electron chi connectivity index (χ3n) is 4.81. The van der Waals surface area contributed by atoms with Gasteiger partial charge in [0.25, 0.3) is 11.8 Å². The number of nitrogens with one attached hydrogen (secondary N) is 1. The Morgan fingerprint density at radius 2 is 2.03 bits per heavy atom. The second kappa shape index (κ2) is 8.56. The van der Waals surface area contributed by atoms with E-state index in [1.54, 1.807) is 23.1 Å². The van der Waals surface area contributed by atoms with E-state index < -0.39 is 11.8 Å². The van der Waals surface area contributed by atoms with Gasteiger partial charge in [0.05, 0.1) is 18.9 Å². The molecule has 0 bridgehead atoms. The molecule has 1 aliphatic rings. The predicted molar refractivity (Wildman–Crippen MR) is 112 cm³/mol. The average Bonchev–Trinajstić information content (AvgIpc) is 3.42. The number of carbonyl (C=O) groups is 2. The molecule has 1 saturated heterocycles. The molecular formula is C20H23N7O4. The molecule has 4 rings (SSSR count). The zero-order valence-electron chi connectivity index (χ0n) is 17.2. The number of rotatable bonds is 6. The highest BCUT2D eigenvalue weighted by Crippen LogP contribution is 2.24. The highest BCUT2D eigenvalue weighted by atomic mass is 16.5. The van der Waals surface area contributed by atoms with Gasteiger partial charge >= 0.3 is 0 Å². The van der Waals surface area contributed by atoms with Crippen molar-refractivity contribution in [1.82, 2.24) is 19.7 Å². The summed E-state index contributed by atoms with van der Waals surface area (Å²) in [6, 6.07) is 3.61. The van der Waals surface area contributed by atoms with Gasteiger partial charge < -0.3 is 25.1 Å². The Bertz CT molecular complexity index is 1100. The van der Waals surface area contributed by atoms with E-state index in [-0.39, 0.29) is 29.0 Å². The van der Waals surface area contributed by atoms with Crippen LogP contribution in [0.2, 0.25) is 0 Å². The van der Waals surface area contributed by atoms with Crippen LogP contribution in [-0.2, 0) is 4.74 Å². The van der Waals surface area contributed by atoms with Crippen molar-refractivity contribution in [3.63, 3.8) is 0 Å². The molecule has 11 heteroatoms. The highest BCUT2D eigenvalue weighted by molar-refractivity contribution is 6.07. The Labute approximate surface area is 178 Å². The van der Waals surface area contributed by atoms with E-state index in [1.807, 2.05) is 19.9 Å². The lowest BCUT2D eigenvalue weighted by molar-refractivity contribution is 0.0995. The summed E-state index contributed by atoms with van der Waals surface area (Å²) in [4.78, 5) is 35.1. The lowest BCUT2D eigenvalue weighted by atomic mass is 10.2. The Hall–Kier alpha value is -3.73. The van der Waals surface area contributed by atoms with Crippen LogP contribution in [0.15, 0.2) is 35.2 Å². The molecular weight excluding hydrogens is 402 g/mol. The minimum Gasteiger partial charge on any atom is -0.444 e. The maximum absolute atomic E-state index is 12.7. The molecule has 0 saturated carbocycles. The first-order valence-corrected chi connectivity index (χ1v) is 9.87. The lowest BCUT2D eigenvalue weighted by Crippen LogP contribution is -2.36.